The number of hydrogen-bond donors (Lipinski definition) is 0. The van der Waals surface area contributed by atoms with Gasteiger partial charge in [-0.2, -0.15) is 13.2 Å². The fourth-order valence-corrected chi connectivity index (χ4v) is 4.65. The number of amides is 2. The second-order valence-corrected chi connectivity index (χ2v) is 10.4. The van der Waals surface area contributed by atoms with E-state index in [0.29, 0.717) is 19.5 Å². The number of piperidine rings is 1. The Labute approximate surface area is 206 Å². The first-order valence-corrected chi connectivity index (χ1v) is 11.7. The molecule has 1 aliphatic rings. The normalized spacial score (nSPS) is 19.0. The smallest absolute Gasteiger partial charge is 0.416 e. The zero-order valence-corrected chi connectivity index (χ0v) is 21.1. The Morgan fingerprint density at radius 1 is 1.09 bits per heavy atom. The van der Waals surface area contributed by atoms with Gasteiger partial charge in [-0.3, -0.25) is 4.79 Å². The number of ether oxygens (including phenoxy) is 1. The fourth-order valence-electron chi connectivity index (χ4n) is 4.15. The van der Waals surface area contributed by atoms with Gasteiger partial charge < -0.3 is 14.5 Å². The number of rotatable bonds is 3. The predicted molar refractivity (Wildman–Crippen MR) is 127 cm³/mol. The number of benzene rings is 2. The van der Waals surface area contributed by atoms with E-state index in [2.05, 4.69) is 15.9 Å². The zero-order valence-electron chi connectivity index (χ0n) is 19.5. The van der Waals surface area contributed by atoms with Gasteiger partial charge in [-0.1, -0.05) is 46.3 Å². The quantitative estimate of drug-likeness (QED) is 0.456. The van der Waals surface area contributed by atoms with Crippen molar-refractivity contribution in [2.24, 2.45) is 0 Å². The van der Waals surface area contributed by atoms with E-state index in [1.165, 1.54) is 11.0 Å². The van der Waals surface area contributed by atoms with Crippen molar-refractivity contribution in [3.05, 3.63) is 69.7 Å². The number of alkyl halides is 3. The van der Waals surface area contributed by atoms with Crippen molar-refractivity contribution >= 4 is 27.9 Å². The molecular weight excluding hydrogens is 513 g/mol. The van der Waals surface area contributed by atoms with Crippen LogP contribution in [0.2, 0.25) is 0 Å². The van der Waals surface area contributed by atoms with Gasteiger partial charge in [0, 0.05) is 42.1 Å². The van der Waals surface area contributed by atoms with Gasteiger partial charge in [0.05, 0.1) is 5.56 Å². The van der Waals surface area contributed by atoms with Crippen molar-refractivity contribution in [1.29, 1.82) is 0 Å². The molecule has 2 amide bonds. The van der Waals surface area contributed by atoms with E-state index in [0.717, 1.165) is 17.7 Å². The van der Waals surface area contributed by atoms with E-state index in [1.807, 2.05) is 30.3 Å². The molecule has 0 unspecified atom stereocenters. The van der Waals surface area contributed by atoms with Crippen LogP contribution in [-0.4, -0.2) is 53.6 Å². The summed E-state index contributed by atoms with van der Waals surface area (Å²) in [5.74, 6) is -0.742. The van der Waals surface area contributed by atoms with Crippen LogP contribution in [0.25, 0.3) is 0 Å². The average Bonchev–Trinajstić information content (AvgIpc) is 2.76. The van der Waals surface area contributed by atoms with Crippen molar-refractivity contribution in [3.63, 3.8) is 0 Å². The highest BCUT2D eigenvalue weighted by molar-refractivity contribution is 9.10. The third kappa shape index (κ3) is 6.31. The van der Waals surface area contributed by atoms with E-state index in [4.69, 9.17) is 4.74 Å². The fraction of sp³-hybridized carbons (Fsp3) is 0.440. The van der Waals surface area contributed by atoms with Crippen LogP contribution in [0.15, 0.2) is 53.0 Å². The Bertz CT molecular complexity index is 1040. The molecule has 184 valence electrons. The van der Waals surface area contributed by atoms with Gasteiger partial charge in [-0.25, -0.2) is 4.79 Å². The number of hydrogen-bond acceptors (Lipinski definition) is 3. The lowest BCUT2D eigenvalue weighted by molar-refractivity contribution is -0.137. The highest BCUT2D eigenvalue weighted by Gasteiger charge is 2.38. The molecule has 2 atom stereocenters. The van der Waals surface area contributed by atoms with Crippen LogP contribution in [0.1, 0.15) is 54.6 Å². The molecule has 0 spiro atoms. The number of halogens is 4. The minimum absolute atomic E-state index is 0.0504. The molecule has 0 saturated carbocycles. The van der Waals surface area contributed by atoms with Gasteiger partial charge in [0.1, 0.15) is 5.60 Å². The van der Waals surface area contributed by atoms with E-state index < -0.39 is 29.3 Å². The van der Waals surface area contributed by atoms with Gasteiger partial charge in [0.15, 0.2) is 0 Å². The largest absolute Gasteiger partial charge is 0.444 e. The van der Waals surface area contributed by atoms with Crippen molar-refractivity contribution in [3.8, 4) is 0 Å². The summed E-state index contributed by atoms with van der Waals surface area (Å²) in [4.78, 5) is 29.1. The van der Waals surface area contributed by atoms with Crippen LogP contribution < -0.4 is 0 Å². The molecule has 0 radical (unpaired) electrons. The summed E-state index contributed by atoms with van der Waals surface area (Å²) in [5.41, 5.74) is -0.644. The number of nitrogens with zero attached hydrogens (tertiary/aromatic N) is 2. The Hall–Kier alpha value is -2.55. The van der Waals surface area contributed by atoms with Gasteiger partial charge in [-0.15, -0.1) is 0 Å². The Balaban J connectivity index is 1.89. The lowest BCUT2D eigenvalue weighted by Crippen LogP contribution is -2.52. The van der Waals surface area contributed by atoms with Crippen LogP contribution in [0.3, 0.4) is 0 Å². The first kappa shape index (κ1) is 26.1. The van der Waals surface area contributed by atoms with Gasteiger partial charge in [0.25, 0.3) is 5.91 Å². The van der Waals surface area contributed by atoms with Crippen LogP contribution in [0.5, 0.6) is 0 Å². The highest BCUT2D eigenvalue weighted by atomic mass is 79.9. The second-order valence-electron chi connectivity index (χ2n) is 9.44. The standard InChI is InChI=1S/C25H28BrF3N2O3/c1-24(2,3)34-23(33)31-11-10-21(20(15-31)16-8-6-5-7-9-16)30(4)22(32)17-12-18(25(27,28)29)14-19(26)13-17/h5-9,12-14,20-21H,10-11,15H2,1-4H3/t20-,21+/m0/s1. The molecule has 34 heavy (non-hydrogen) atoms. The van der Waals surface area contributed by atoms with Crippen LogP contribution in [0.4, 0.5) is 18.0 Å². The molecule has 0 aromatic heterocycles. The molecule has 3 rings (SSSR count). The topological polar surface area (TPSA) is 49.9 Å². The predicted octanol–water partition coefficient (Wildman–Crippen LogP) is 6.33. The summed E-state index contributed by atoms with van der Waals surface area (Å²) in [6, 6.07) is 12.4. The first-order valence-electron chi connectivity index (χ1n) is 10.9. The van der Waals surface area contributed by atoms with Crippen molar-refractivity contribution < 1.29 is 27.5 Å². The molecule has 1 saturated heterocycles. The molecule has 1 aliphatic heterocycles. The average molecular weight is 541 g/mol. The Morgan fingerprint density at radius 2 is 1.74 bits per heavy atom. The maximum Gasteiger partial charge on any atom is 0.416 e. The second kappa shape index (κ2) is 9.98. The van der Waals surface area contributed by atoms with Crippen LogP contribution >= 0.6 is 15.9 Å². The molecular formula is C25H28BrF3N2O3. The van der Waals surface area contributed by atoms with Crippen LogP contribution in [0, 0.1) is 0 Å². The van der Waals surface area contributed by atoms with Gasteiger partial charge in [0.2, 0.25) is 0 Å². The lowest BCUT2D eigenvalue weighted by Gasteiger charge is -2.43. The molecule has 1 heterocycles. The van der Waals surface area contributed by atoms with Crippen molar-refractivity contribution in [2.75, 3.05) is 20.1 Å². The molecule has 0 N–H and O–H groups in total. The number of likely N-dealkylation sites (tertiary alicyclic amines) is 1. The summed E-state index contributed by atoms with van der Waals surface area (Å²) < 4.78 is 45.6. The molecule has 2 aromatic rings. The highest BCUT2D eigenvalue weighted by Crippen LogP contribution is 2.35. The minimum Gasteiger partial charge on any atom is -0.444 e. The number of carbonyl (C=O) groups excluding carboxylic acids is 2. The Kier molecular flexibility index (Phi) is 7.65. The monoisotopic (exact) mass is 540 g/mol. The maximum atomic E-state index is 13.3. The molecule has 5 nitrogen and oxygen atoms in total. The minimum atomic E-state index is -4.57. The van der Waals surface area contributed by atoms with E-state index in [1.54, 1.807) is 32.7 Å². The summed E-state index contributed by atoms with van der Waals surface area (Å²) in [7, 11) is 1.60. The number of likely N-dealkylation sites (N-methyl/N-ethyl adjacent to an activating group) is 1. The van der Waals surface area contributed by atoms with Gasteiger partial charge in [-0.05, 0) is 51.0 Å². The maximum absolute atomic E-state index is 13.3. The Morgan fingerprint density at radius 3 is 2.32 bits per heavy atom. The summed E-state index contributed by atoms with van der Waals surface area (Å²) in [5, 5.41) is 0. The van der Waals surface area contributed by atoms with Crippen molar-refractivity contribution in [1.82, 2.24) is 9.80 Å². The van der Waals surface area contributed by atoms with Crippen LogP contribution in [-0.2, 0) is 10.9 Å². The number of carbonyl (C=O) groups is 2. The van der Waals surface area contributed by atoms with E-state index in [-0.39, 0.29) is 22.0 Å². The third-order valence-corrected chi connectivity index (χ3v) is 6.20. The van der Waals surface area contributed by atoms with E-state index in [9.17, 15) is 22.8 Å². The van der Waals surface area contributed by atoms with E-state index >= 15 is 0 Å². The molecule has 0 aliphatic carbocycles. The SMILES string of the molecule is CN(C(=O)c1cc(Br)cc(C(F)(F)F)c1)[C@@H]1CCN(C(=O)OC(C)(C)C)C[C@H]1c1ccccc1. The third-order valence-electron chi connectivity index (χ3n) is 5.75. The lowest BCUT2D eigenvalue weighted by atomic mass is 9.85. The summed E-state index contributed by atoms with van der Waals surface area (Å²) in [6.07, 6.45) is -4.54. The first-order chi connectivity index (χ1) is 15.8. The molecule has 0 bridgehead atoms. The zero-order chi connectivity index (χ0) is 25.3. The summed E-state index contributed by atoms with van der Waals surface area (Å²) in [6.45, 7) is 6.09. The molecule has 1 fully saturated rings. The summed E-state index contributed by atoms with van der Waals surface area (Å²) >= 11 is 3.09. The molecule has 9 heteroatoms. The molecule has 2 aromatic carbocycles. The van der Waals surface area contributed by atoms with Crippen molar-refractivity contribution in [2.45, 2.75) is 50.9 Å². The van der Waals surface area contributed by atoms with Gasteiger partial charge >= 0.3 is 12.3 Å².